The fourth-order valence-electron chi connectivity index (χ4n) is 2.19. The zero-order valence-corrected chi connectivity index (χ0v) is 13.6. The van der Waals surface area contributed by atoms with Gasteiger partial charge >= 0.3 is 0 Å². The number of benzene rings is 1. The summed E-state index contributed by atoms with van der Waals surface area (Å²) in [5, 5.41) is 3.33. The molecule has 0 spiro atoms. The monoisotopic (exact) mass is 325 g/mol. The second kappa shape index (κ2) is 6.58. The minimum Gasteiger partial charge on any atom is -0.497 e. The Bertz CT molecular complexity index is 831. The molecule has 3 rings (SSSR count). The number of nitrogens with one attached hydrogen (secondary N) is 1. The molecular formula is C17H15N3O2S. The molecule has 1 aromatic carbocycles. The minimum absolute atomic E-state index is 0.141. The number of rotatable bonds is 4. The number of carbonyl (C=O) groups excluding carboxylic acids is 1. The van der Waals surface area contributed by atoms with Gasteiger partial charge in [-0.3, -0.25) is 9.78 Å². The second-order valence-electron chi connectivity index (χ2n) is 4.85. The van der Waals surface area contributed by atoms with E-state index >= 15 is 0 Å². The first-order valence-corrected chi connectivity index (χ1v) is 7.82. The second-order valence-corrected chi connectivity index (χ2v) is 5.84. The van der Waals surface area contributed by atoms with E-state index in [2.05, 4.69) is 15.3 Å². The van der Waals surface area contributed by atoms with Gasteiger partial charge in [0.2, 0.25) is 5.91 Å². The van der Waals surface area contributed by atoms with E-state index in [0.29, 0.717) is 5.13 Å². The molecule has 0 unspecified atom stereocenters. The quantitative estimate of drug-likeness (QED) is 0.791. The molecule has 3 aromatic rings. The molecule has 0 aliphatic rings. The molecule has 0 radical (unpaired) electrons. The van der Waals surface area contributed by atoms with Crippen molar-refractivity contribution >= 4 is 22.4 Å². The van der Waals surface area contributed by atoms with Crippen molar-refractivity contribution in [1.82, 2.24) is 9.97 Å². The SMILES string of the molecule is COc1cccc(-c2nc(NC(C)=O)sc2-c2ccncc2)c1. The van der Waals surface area contributed by atoms with Crippen LogP contribution >= 0.6 is 11.3 Å². The molecule has 1 N–H and O–H groups in total. The van der Waals surface area contributed by atoms with Crippen molar-refractivity contribution in [3.05, 3.63) is 48.8 Å². The predicted molar refractivity (Wildman–Crippen MR) is 91.6 cm³/mol. The van der Waals surface area contributed by atoms with Crippen molar-refractivity contribution in [3.8, 4) is 27.4 Å². The average molecular weight is 325 g/mol. The average Bonchev–Trinajstić information content (AvgIpc) is 2.99. The number of ether oxygens (including phenoxy) is 1. The lowest BCUT2D eigenvalue weighted by Crippen LogP contribution is -2.04. The lowest BCUT2D eigenvalue weighted by atomic mass is 10.1. The number of nitrogens with zero attached hydrogens (tertiary/aromatic N) is 2. The Labute approximate surface area is 138 Å². The highest BCUT2D eigenvalue weighted by atomic mass is 32.1. The van der Waals surface area contributed by atoms with Crippen LogP contribution in [0.25, 0.3) is 21.7 Å². The number of anilines is 1. The Morgan fingerprint density at radius 2 is 1.96 bits per heavy atom. The van der Waals surface area contributed by atoms with E-state index in [9.17, 15) is 4.79 Å². The van der Waals surface area contributed by atoms with Crippen LogP contribution in [-0.2, 0) is 4.79 Å². The number of aromatic nitrogens is 2. The summed E-state index contributed by atoms with van der Waals surface area (Å²) >= 11 is 1.44. The third-order valence-corrected chi connectivity index (χ3v) is 4.22. The van der Waals surface area contributed by atoms with Crippen LogP contribution < -0.4 is 10.1 Å². The van der Waals surface area contributed by atoms with Gasteiger partial charge < -0.3 is 10.1 Å². The van der Waals surface area contributed by atoms with Crippen molar-refractivity contribution in [3.63, 3.8) is 0 Å². The van der Waals surface area contributed by atoms with Crippen LogP contribution in [0.3, 0.4) is 0 Å². The molecule has 0 atom stereocenters. The van der Waals surface area contributed by atoms with Crippen molar-refractivity contribution in [2.24, 2.45) is 0 Å². The molecule has 116 valence electrons. The van der Waals surface area contributed by atoms with E-state index < -0.39 is 0 Å². The molecule has 0 aliphatic heterocycles. The summed E-state index contributed by atoms with van der Waals surface area (Å²) in [6.07, 6.45) is 3.48. The molecule has 0 saturated heterocycles. The van der Waals surface area contributed by atoms with E-state index in [1.54, 1.807) is 19.5 Å². The maximum absolute atomic E-state index is 11.3. The molecule has 6 heteroatoms. The highest BCUT2D eigenvalue weighted by Crippen LogP contribution is 2.39. The molecule has 2 aromatic heterocycles. The number of amides is 1. The molecule has 0 aliphatic carbocycles. The first-order valence-electron chi connectivity index (χ1n) is 7.00. The first kappa shape index (κ1) is 15.2. The number of pyridine rings is 1. The van der Waals surface area contributed by atoms with Crippen LogP contribution in [0.5, 0.6) is 5.75 Å². The first-order chi connectivity index (χ1) is 11.2. The fraction of sp³-hybridized carbons (Fsp3) is 0.118. The summed E-state index contributed by atoms with van der Waals surface area (Å²) in [5.41, 5.74) is 2.75. The summed E-state index contributed by atoms with van der Waals surface area (Å²) in [4.78, 5) is 20.9. The standard InChI is InChI=1S/C17H15N3O2S/c1-11(21)19-17-20-15(13-4-3-5-14(10-13)22-2)16(23-17)12-6-8-18-9-7-12/h3-10H,1-2H3,(H,19,20,21). The van der Waals surface area contributed by atoms with Crippen LogP contribution in [0.4, 0.5) is 5.13 Å². The maximum atomic E-state index is 11.3. The number of thiazole rings is 1. The molecule has 0 fully saturated rings. The van der Waals surface area contributed by atoms with Gasteiger partial charge in [-0.05, 0) is 29.8 Å². The number of hydrogen-bond acceptors (Lipinski definition) is 5. The Morgan fingerprint density at radius 1 is 1.17 bits per heavy atom. The zero-order chi connectivity index (χ0) is 16.2. The van der Waals surface area contributed by atoms with Crippen molar-refractivity contribution in [1.29, 1.82) is 0 Å². The highest BCUT2D eigenvalue weighted by Gasteiger charge is 2.16. The third-order valence-electron chi connectivity index (χ3n) is 3.20. The van der Waals surface area contributed by atoms with Gasteiger partial charge in [0.25, 0.3) is 0 Å². The highest BCUT2D eigenvalue weighted by molar-refractivity contribution is 7.19. The van der Waals surface area contributed by atoms with Crippen molar-refractivity contribution in [2.75, 3.05) is 12.4 Å². The van der Waals surface area contributed by atoms with Gasteiger partial charge in [-0.15, -0.1) is 0 Å². The van der Waals surface area contributed by atoms with Crippen LogP contribution in [-0.4, -0.2) is 23.0 Å². The molecular weight excluding hydrogens is 310 g/mol. The molecule has 0 bridgehead atoms. The predicted octanol–water partition coefficient (Wildman–Crippen LogP) is 3.84. The Morgan fingerprint density at radius 3 is 2.65 bits per heavy atom. The zero-order valence-electron chi connectivity index (χ0n) is 12.7. The van der Waals surface area contributed by atoms with Crippen molar-refractivity contribution in [2.45, 2.75) is 6.92 Å². The summed E-state index contributed by atoms with van der Waals surface area (Å²) < 4.78 is 5.29. The van der Waals surface area contributed by atoms with Crippen LogP contribution in [0.2, 0.25) is 0 Å². The van der Waals surface area contributed by atoms with E-state index in [1.807, 2.05) is 36.4 Å². The Balaban J connectivity index is 2.13. The molecule has 23 heavy (non-hydrogen) atoms. The fourth-order valence-corrected chi connectivity index (χ4v) is 3.23. The van der Waals surface area contributed by atoms with Gasteiger partial charge in [0, 0.05) is 24.9 Å². The van der Waals surface area contributed by atoms with Crippen LogP contribution in [0.15, 0.2) is 48.8 Å². The molecule has 5 nitrogen and oxygen atoms in total. The molecule has 2 heterocycles. The Hall–Kier alpha value is -2.73. The van der Waals surface area contributed by atoms with Gasteiger partial charge in [0.1, 0.15) is 5.75 Å². The smallest absolute Gasteiger partial charge is 0.223 e. The summed E-state index contributed by atoms with van der Waals surface area (Å²) in [6.45, 7) is 1.47. The van der Waals surface area contributed by atoms with E-state index in [4.69, 9.17) is 4.74 Å². The normalized spacial score (nSPS) is 10.3. The molecule has 1 amide bonds. The topological polar surface area (TPSA) is 64.1 Å². The Kier molecular flexibility index (Phi) is 4.34. The van der Waals surface area contributed by atoms with Gasteiger partial charge in [-0.25, -0.2) is 4.98 Å². The van der Waals surface area contributed by atoms with E-state index in [0.717, 1.165) is 27.4 Å². The number of hydrogen-bond donors (Lipinski definition) is 1. The van der Waals surface area contributed by atoms with Gasteiger partial charge in [-0.1, -0.05) is 23.5 Å². The largest absolute Gasteiger partial charge is 0.497 e. The molecule has 0 saturated carbocycles. The van der Waals surface area contributed by atoms with Gasteiger partial charge in [-0.2, -0.15) is 0 Å². The lowest BCUT2D eigenvalue weighted by molar-refractivity contribution is -0.114. The third kappa shape index (κ3) is 3.37. The maximum Gasteiger partial charge on any atom is 0.223 e. The number of carbonyl (C=O) groups is 1. The number of methoxy groups -OCH3 is 1. The summed E-state index contributed by atoms with van der Waals surface area (Å²) in [6, 6.07) is 11.6. The van der Waals surface area contributed by atoms with Crippen molar-refractivity contribution < 1.29 is 9.53 Å². The minimum atomic E-state index is -0.141. The van der Waals surface area contributed by atoms with Crippen LogP contribution in [0, 0.1) is 0 Å². The van der Waals surface area contributed by atoms with E-state index in [1.165, 1.54) is 18.3 Å². The van der Waals surface area contributed by atoms with Gasteiger partial charge in [0.05, 0.1) is 17.7 Å². The summed E-state index contributed by atoms with van der Waals surface area (Å²) in [5.74, 6) is 0.620. The van der Waals surface area contributed by atoms with E-state index in [-0.39, 0.29) is 5.91 Å². The summed E-state index contributed by atoms with van der Waals surface area (Å²) in [7, 11) is 1.63. The lowest BCUT2D eigenvalue weighted by Gasteiger charge is -2.05. The van der Waals surface area contributed by atoms with Gasteiger partial charge in [0.15, 0.2) is 5.13 Å². The van der Waals surface area contributed by atoms with Crippen LogP contribution in [0.1, 0.15) is 6.92 Å².